The van der Waals surface area contributed by atoms with Crippen LogP contribution in [0.25, 0.3) is 0 Å². The lowest BCUT2D eigenvalue weighted by atomic mass is 10.1. The number of nitrogens with zero attached hydrogens (tertiary/aromatic N) is 1. The summed E-state index contributed by atoms with van der Waals surface area (Å²) in [5, 5.41) is 3.29. The largest absolute Gasteiger partial charge is 0.379 e. The van der Waals surface area contributed by atoms with Crippen molar-refractivity contribution in [1.29, 1.82) is 0 Å². The molecule has 0 aliphatic heterocycles. The third-order valence-corrected chi connectivity index (χ3v) is 2.88. The van der Waals surface area contributed by atoms with Crippen LogP contribution in [0.4, 0.5) is 5.69 Å². The number of carbonyl (C=O) groups excluding carboxylic acids is 1. The quantitative estimate of drug-likeness (QED) is 0.800. The molecule has 3 heteroatoms. The van der Waals surface area contributed by atoms with Gasteiger partial charge in [-0.05, 0) is 42.8 Å². The molecule has 0 bridgehead atoms. The predicted molar refractivity (Wildman–Crippen MR) is 77.2 cm³/mol. The van der Waals surface area contributed by atoms with E-state index in [2.05, 4.69) is 10.3 Å². The zero-order valence-electron chi connectivity index (χ0n) is 11.1. The van der Waals surface area contributed by atoms with Gasteiger partial charge < -0.3 is 5.32 Å². The van der Waals surface area contributed by atoms with Crippen molar-refractivity contribution < 1.29 is 4.79 Å². The average Bonchev–Trinajstić information content (AvgIpc) is 2.47. The van der Waals surface area contributed by atoms with Crippen LogP contribution in [0, 0.1) is 0 Å². The van der Waals surface area contributed by atoms with Gasteiger partial charge in [0.05, 0.1) is 12.2 Å². The second kappa shape index (κ2) is 6.69. The van der Waals surface area contributed by atoms with Crippen LogP contribution in [0.2, 0.25) is 0 Å². The molecule has 0 saturated carbocycles. The topological polar surface area (TPSA) is 42.0 Å². The van der Waals surface area contributed by atoms with Crippen molar-refractivity contribution in [2.75, 3.05) is 5.32 Å². The normalized spacial score (nSPS) is 10.2. The molecule has 0 radical (unpaired) electrons. The maximum Gasteiger partial charge on any atom is 0.162 e. The standard InChI is InChI=1S/C16H18N2O/c1-2-5-16(19)13-7-9-14(10-8-13)18-12-15-6-3-4-11-17-15/h3-4,6-11,18H,2,5,12H2,1H3. The first-order valence-corrected chi connectivity index (χ1v) is 6.56. The highest BCUT2D eigenvalue weighted by Crippen LogP contribution is 2.12. The van der Waals surface area contributed by atoms with Crippen LogP contribution >= 0.6 is 0 Å². The summed E-state index contributed by atoms with van der Waals surface area (Å²) in [4.78, 5) is 16.0. The molecule has 1 aromatic heterocycles. The van der Waals surface area contributed by atoms with E-state index in [1.807, 2.05) is 49.4 Å². The molecular weight excluding hydrogens is 236 g/mol. The molecule has 0 amide bonds. The van der Waals surface area contributed by atoms with Crippen LogP contribution in [0.3, 0.4) is 0 Å². The Hall–Kier alpha value is -2.16. The van der Waals surface area contributed by atoms with Gasteiger partial charge in [0.2, 0.25) is 0 Å². The Morgan fingerprint density at radius 3 is 2.58 bits per heavy atom. The van der Waals surface area contributed by atoms with E-state index in [0.29, 0.717) is 13.0 Å². The van der Waals surface area contributed by atoms with Crippen LogP contribution in [-0.2, 0) is 6.54 Å². The zero-order chi connectivity index (χ0) is 13.5. The number of benzene rings is 1. The van der Waals surface area contributed by atoms with E-state index >= 15 is 0 Å². The van der Waals surface area contributed by atoms with E-state index in [-0.39, 0.29) is 5.78 Å². The predicted octanol–water partition coefficient (Wildman–Crippen LogP) is 3.68. The van der Waals surface area contributed by atoms with E-state index in [4.69, 9.17) is 0 Å². The smallest absolute Gasteiger partial charge is 0.162 e. The fourth-order valence-electron chi connectivity index (χ4n) is 1.84. The average molecular weight is 254 g/mol. The Labute approximate surface area is 113 Å². The minimum atomic E-state index is 0.207. The van der Waals surface area contributed by atoms with Crippen LogP contribution < -0.4 is 5.32 Å². The van der Waals surface area contributed by atoms with Gasteiger partial charge in [0, 0.05) is 23.9 Å². The van der Waals surface area contributed by atoms with Gasteiger partial charge in [-0.25, -0.2) is 0 Å². The molecule has 0 aliphatic rings. The fourth-order valence-corrected chi connectivity index (χ4v) is 1.84. The number of anilines is 1. The van der Waals surface area contributed by atoms with E-state index in [0.717, 1.165) is 23.4 Å². The molecule has 1 N–H and O–H groups in total. The van der Waals surface area contributed by atoms with E-state index in [9.17, 15) is 4.79 Å². The Morgan fingerprint density at radius 1 is 1.16 bits per heavy atom. The van der Waals surface area contributed by atoms with Crippen molar-refractivity contribution in [2.45, 2.75) is 26.3 Å². The second-order valence-electron chi connectivity index (χ2n) is 4.43. The molecule has 0 spiro atoms. The lowest BCUT2D eigenvalue weighted by molar-refractivity contribution is 0.0982. The molecule has 0 unspecified atom stereocenters. The van der Waals surface area contributed by atoms with Gasteiger partial charge in [0.15, 0.2) is 5.78 Å². The Balaban J connectivity index is 1.94. The molecular formula is C16H18N2O. The van der Waals surface area contributed by atoms with Crippen LogP contribution in [0.15, 0.2) is 48.7 Å². The van der Waals surface area contributed by atoms with Gasteiger partial charge in [-0.2, -0.15) is 0 Å². The molecule has 3 nitrogen and oxygen atoms in total. The molecule has 98 valence electrons. The van der Waals surface area contributed by atoms with Gasteiger partial charge in [0.25, 0.3) is 0 Å². The number of ketones is 1. The van der Waals surface area contributed by atoms with Gasteiger partial charge in [0.1, 0.15) is 0 Å². The van der Waals surface area contributed by atoms with Crippen LogP contribution in [0.5, 0.6) is 0 Å². The van der Waals surface area contributed by atoms with Crippen molar-refractivity contribution in [3.63, 3.8) is 0 Å². The van der Waals surface area contributed by atoms with E-state index in [1.165, 1.54) is 0 Å². The summed E-state index contributed by atoms with van der Waals surface area (Å²) >= 11 is 0. The minimum Gasteiger partial charge on any atom is -0.379 e. The second-order valence-corrected chi connectivity index (χ2v) is 4.43. The first-order valence-electron chi connectivity index (χ1n) is 6.56. The summed E-state index contributed by atoms with van der Waals surface area (Å²) in [6.45, 7) is 2.70. The molecule has 0 atom stereocenters. The number of Topliss-reactive ketones (excluding diaryl/α,β-unsaturated/α-hetero) is 1. The highest BCUT2D eigenvalue weighted by molar-refractivity contribution is 5.96. The SMILES string of the molecule is CCCC(=O)c1ccc(NCc2ccccn2)cc1. The van der Waals surface area contributed by atoms with E-state index < -0.39 is 0 Å². The fraction of sp³-hybridized carbons (Fsp3) is 0.250. The lowest BCUT2D eigenvalue weighted by Crippen LogP contribution is -2.02. The number of aromatic nitrogens is 1. The first kappa shape index (κ1) is 13.3. The molecule has 0 saturated heterocycles. The van der Waals surface area contributed by atoms with Crippen LogP contribution in [-0.4, -0.2) is 10.8 Å². The molecule has 2 aromatic rings. The van der Waals surface area contributed by atoms with Crippen molar-refractivity contribution in [3.8, 4) is 0 Å². The number of pyridine rings is 1. The number of hydrogen-bond donors (Lipinski definition) is 1. The molecule has 0 fully saturated rings. The Kier molecular flexibility index (Phi) is 4.67. The summed E-state index contributed by atoms with van der Waals surface area (Å²) in [7, 11) is 0. The summed E-state index contributed by atoms with van der Waals surface area (Å²) in [6.07, 6.45) is 3.28. The highest BCUT2D eigenvalue weighted by atomic mass is 16.1. The minimum absolute atomic E-state index is 0.207. The number of carbonyl (C=O) groups is 1. The third kappa shape index (κ3) is 3.91. The molecule has 0 aliphatic carbocycles. The van der Waals surface area contributed by atoms with Crippen molar-refractivity contribution in [2.24, 2.45) is 0 Å². The number of nitrogens with one attached hydrogen (secondary N) is 1. The van der Waals surface area contributed by atoms with Gasteiger partial charge >= 0.3 is 0 Å². The van der Waals surface area contributed by atoms with Gasteiger partial charge in [-0.1, -0.05) is 13.0 Å². The summed E-state index contributed by atoms with van der Waals surface area (Å²) in [6, 6.07) is 13.5. The van der Waals surface area contributed by atoms with Gasteiger partial charge in [-0.3, -0.25) is 9.78 Å². The molecule has 1 heterocycles. The first-order chi connectivity index (χ1) is 9.29. The van der Waals surface area contributed by atoms with Crippen molar-refractivity contribution in [1.82, 2.24) is 4.98 Å². The summed E-state index contributed by atoms with van der Waals surface area (Å²) in [5.74, 6) is 0.207. The third-order valence-electron chi connectivity index (χ3n) is 2.88. The summed E-state index contributed by atoms with van der Waals surface area (Å²) < 4.78 is 0. The zero-order valence-corrected chi connectivity index (χ0v) is 11.1. The monoisotopic (exact) mass is 254 g/mol. The lowest BCUT2D eigenvalue weighted by Gasteiger charge is -2.06. The van der Waals surface area contributed by atoms with Gasteiger partial charge in [-0.15, -0.1) is 0 Å². The molecule has 19 heavy (non-hydrogen) atoms. The Morgan fingerprint density at radius 2 is 1.95 bits per heavy atom. The van der Waals surface area contributed by atoms with E-state index in [1.54, 1.807) is 6.20 Å². The van der Waals surface area contributed by atoms with Crippen LogP contribution in [0.1, 0.15) is 35.8 Å². The highest BCUT2D eigenvalue weighted by Gasteiger charge is 2.03. The maximum absolute atomic E-state index is 11.7. The summed E-state index contributed by atoms with van der Waals surface area (Å²) in [5.41, 5.74) is 2.78. The van der Waals surface area contributed by atoms with Crippen molar-refractivity contribution in [3.05, 3.63) is 59.9 Å². The number of rotatable bonds is 6. The Bertz CT molecular complexity index is 520. The maximum atomic E-state index is 11.7. The van der Waals surface area contributed by atoms with Crippen molar-refractivity contribution >= 4 is 11.5 Å². The molecule has 2 rings (SSSR count). The molecule has 1 aromatic carbocycles. The number of hydrogen-bond acceptors (Lipinski definition) is 3.